The normalized spacial score (nSPS) is 11.7. The largest absolute Gasteiger partial charge is 0.304 e. The lowest BCUT2D eigenvalue weighted by molar-refractivity contribution is 0.401. The topological polar surface area (TPSA) is 12.0 Å². The Labute approximate surface area is 130 Å². The number of hydrogen-bond acceptors (Lipinski definition) is 1. The number of hydrogen-bond donors (Lipinski definition) is 1. The predicted octanol–water partition coefficient (Wildman–Crippen LogP) is 5.09. The molecule has 0 spiro atoms. The molecule has 0 aromatic heterocycles. The van der Waals surface area contributed by atoms with Crippen LogP contribution >= 0.6 is 15.9 Å². The van der Waals surface area contributed by atoms with Gasteiger partial charge in [0.15, 0.2) is 0 Å². The Morgan fingerprint density at radius 3 is 2.20 bits per heavy atom. The van der Waals surface area contributed by atoms with Crippen LogP contribution in [0.15, 0.2) is 46.9 Å². The van der Waals surface area contributed by atoms with Crippen molar-refractivity contribution in [3.63, 3.8) is 0 Å². The van der Waals surface area contributed by atoms with E-state index < -0.39 is 0 Å². The van der Waals surface area contributed by atoms with Crippen LogP contribution in [0.4, 0.5) is 0 Å². The van der Waals surface area contributed by atoms with Crippen molar-refractivity contribution in [1.82, 2.24) is 5.32 Å². The van der Waals surface area contributed by atoms with Crippen molar-refractivity contribution in [2.24, 2.45) is 0 Å². The molecular formula is C18H22BrN. The van der Waals surface area contributed by atoms with Crippen molar-refractivity contribution in [1.29, 1.82) is 0 Å². The summed E-state index contributed by atoms with van der Waals surface area (Å²) < 4.78 is 1.12. The minimum absolute atomic E-state index is 0.0422. The minimum atomic E-state index is -0.0422. The SMILES string of the molecule is Cc1ccc(CNC(C)(C)c2ccc(Br)cc2)cc1C. The lowest BCUT2D eigenvalue weighted by atomic mass is 9.94. The zero-order chi connectivity index (χ0) is 14.8. The van der Waals surface area contributed by atoms with E-state index in [4.69, 9.17) is 0 Å². The number of rotatable bonds is 4. The van der Waals surface area contributed by atoms with Gasteiger partial charge in [0.2, 0.25) is 0 Å². The molecule has 20 heavy (non-hydrogen) atoms. The van der Waals surface area contributed by atoms with Crippen LogP contribution in [-0.2, 0) is 12.1 Å². The molecule has 0 bridgehead atoms. The second-order valence-corrected chi connectivity index (χ2v) is 6.82. The lowest BCUT2D eigenvalue weighted by Gasteiger charge is -2.27. The van der Waals surface area contributed by atoms with Crippen molar-refractivity contribution in [2.45, 2.75) is 39.8 Å². The molecule has 0 fully saturated rings. The molecular weight excluding hydrogens is 310 g/mol. The Bertz CT molecular complexity index is 585. The highest BCUT2D eigenvalue weighted by atomic mass is 79.9. The standard InChI is InChI=1S/C18H22BrN/c1-13-5-6-15(11-14(13)2)12-20-18(3,4)16-7-9-17(19)10-8-16/h5-11,20H,12H2,1-4H3. The van der Waals surface area contributed by atoms with Gasteiger partial charge in [0.25, 0.3) is 0 Å². The van der Waals surface area contributed by atoms with E-state index in [-0.39, 0.29) is 5.54 Å². The van der Waals surface area contributed by atoms with Crippen LogP contribution in [0.1, 0.15) is 36.1 Å². The van der Waals surface area contributed by atoms with E-state index in [9.17, 15) is 0 Å². The molecule has 0 unspecified atom stereocenters. The van der Waals surface area contributed by atoms with Gasteiger partial charge in [0, 0.05) is 16.6 Å². The maximum absolute atomic E-state index is 3.64. The molecule has 106 valence electrons. The Balaban J connectivity index is 2.08. The molecule has 0 heterocycles. The minimum Gasteiger partial charge on any atom is -0.304 e. The highest BCUT2D eigenvalue weighted by Gasteiger charge is 2.19. The molecule has 0 aliphatic heterocycles. The van der Waals surface area contributed by atoms with Gasteiger partial charge >= 0.3 is 0 Å². The maximum Gasteiger partial charge on any atom is 0.0380 e. The van der Waals surface area contributed by atoms with E-state index in [1.54, 1.807) is 0 Å². The van der Waals surface area contributed by atoms with Crippen molar-refractivity contribution >= 4 is 15.9 Å². The fourth-order valence-electron chi connectivity index (χ4n) is 2.21. The smallest absolute Gasteiger partial charge is 0.0380 e. The second-order valence-electron chi connectivity index (χ2n) is 5.90. The predicted molar refractivity (Wildman–Crippen MR) is 89.9 cm³/mol. The molecule has 0 aliphatic carbocycles. The number of halogens is 1. The first-order valence-corrected chi connectivity index (χ1v) is 7.75. The summed E-state index contributed by atoms with van der Waals surface area (Å²) >= 11 is 3.48. The van der Waals surface area contributed by atoms with Crippen LogP contribution in [0.3, 0.4) is 0 Å². The Kier molecular flexibility index (Phi) is 4.66. The summed E-state index contributed by atoms with van der Waals surface area (Å²) in [5.41, 5.74) is 5.29. The van der Waals surface area contributed by atoms with Gasteiger partial charge in [-0.15, -0.1) is 0 Å². The molecule has 2 aromatic carbocycles. The van der Waals surface area contributed by atoms with Crippen molar-refractivity contribution in [3.8, 4) is 0 Å². The van der Waals surface area contributed by atoms with Gasteiger partial charge in [-0.1, -0.05) is 46.3 Å². The van der Waals surface area contributed by atoms with E-state index >= 15 is 0 Å². The molecule has 0 amide bonds. The summed E-state index contributed by atoms with van der Waals surface area (Å²) in [6.07, 6.45) is 0. The fraction of sp³-hybridized carbons (Fsp3) is 0.333. The molecule has 0 saturated heterocycles. The van der Waals surface area contributed by atoms with E-state index in [2.05, 4.69) is 91.4 Å². The van der Waals surface area contributed by atoms with E-state index in [0.717, 1.165) is 11.0 Å². The summed E-state index contributed by atoms with van der Waals surface area (Å²) in [5.74, 6) is 0. The van der Waals surface area contributed by atoms with Gasteiger partial charge < -0.3 is 5.32 Å². The van der Waals surface area contributed by atoms with Crippen molar-refractivity contribution in [2.75, 3.05) is 0 Å². The summed E-state index contributed by atoms with van der Waals surface area (Å²) in [6, 6.07) is 15.2. The van der Waals surface area contributed by atoms with E-state index in [1.165, 1.54) is 22.3 Å². The Morgan fingerprint density at radius 1 is 0.950 bits per heavy atom. The molecule has 0 aliphatic rings. The molecule has 0 atom stereocenters. The van der Waals surface area contributed by atoms with Crippen LogP contribution in [0, 0.1) is 13.8 Å². The van der Waals surface area contributed by atoms with Gasteiger partial charge in [-0.25, -0.2) is 0 Å². The average Bonchev–Trinajstić information content (AvgIpc) is 2.41. The van der Waals surface area contributed by atoms with Gasteiger partial charge in [0.05, 0.1) is 0 Å². The van der Waals surface area contributed by atoms with E-state index in [0.29, 0.717) is 0 Å². The summed E-state index contributed by atoms with van der Waals surface area (Å²) in [5, 5.41) is 3.64. The lowest BCUT2D eigenvalue weighted by Crippen LogP contribution is -2.35. The highest BCUT2D eigenvalue weighted by molar-refractivity contribution is 9.10. The second kappa shape index (κ2) is 6.11. The molecule has 1 N–H and O–H groups in total. The Morgan fingerprint density at radius 2 is 1.60 bits per heavy atom. The van der Waals surface area contributed by atoms with Gasteiger partial charge in [-0.05, 0) is 62.1 Å². The van der Waals surface area contributed by atoms with Gasteiger partial charge in [0.1, 0.15) is 0 Å². The summed E-state index contributed by atoms with van der Waals surface area (Å²) in [4.78, 5) is 0. The van der Waals surface area contributed by atoms with Gasteiger partial charge in [-0.3, -0.25) is 0 Å². The molecule has 0 radical (unpaired) electrons. The first-order chi connectivity index (χ1) is 9.38. The monoisotopic (exact) mass is 331 g/mol. The van der Waals surface area contributed by atoms with Crippen molar-refractivity contribution < 1.29 is 0 Å². The quantitative estimate of drug-likeness (QED) is 0.822. The van der Waals surface area contributed by atoms with Crippen LogP contribution < -0.4 is 5.32 Å². The summed E-state index contributed by atoms with van der Waals surface area (Å²) in [6.45, 7) is 9.63. The van der Waals surface area contributed by atoms with Crippen molar-refractivity contribution in [3.05, 3.63) is 69.2 Å². The zero-order valence-corrected chi connectivity index (χ0v) is 14.2. The van der Waals surface area contributed by atoms with Crippen LogP contribution in [0.25, 0.3) is 0 Å². The molecule has 1 nitrogen and oxygen atoms in total. The van der Waals surface area contributed by atoms with Crippen LogP contribution in [0.5, 0.6) is 0 Å². The fourth-order valence-corrected chi connectivity index (χ4v) is 2.47. The molecule has 2 rings (SSSR count). The first kappa shape index (κ1) is 15.3. The summed E-state index contributed by atoms with van der Waals surface area (Å²) in [7, 11) is 0. The molecule has 0 saturated carbocycles. The van der Waals surface area contributed by atoms with Gasteiger partial charge in [-0.2, -0.15) is 0 Å². The number of nitrogens with one attached hydrogen (secondary N) is 1. The highest BCUT2D eigenvalue weighted by Crippen LogP contribution is 2.23. The third kappa shape index (κ3) is 3.71. The zero-order valence-electron chi connectivity index (χ0n) is 12.6. The van der Waals surface area contributed by atoms with Crippen LogP contribution in [-0.4, -0.2) is 0 Å². The molecule has 2 aromatic rings. The van der Waals surface area contributed by atoms with Crippen LogP contribution in [0.2, 0.25) is 0 Å². The first-order valence-electron chi connectivity index (χ1n) is 6.96. The third-order valence-electron chi connectivity index (χ3n) is 3.87. The average molecular weight is 332 g/mol. The molecule has 2 heteroatoms. The maximum atomic E-state index is 3.64. The Hall–Kier alpha value is -1.12. The number of aryl methyl sites for hydroxylation is 2. The number of benzene rings is 2. The van der Waals surface area contributed by atoms with E-state index in [1.807, 2.05) is 0 Å². The third-order valence-corrected chi connectivity index (χ3v) is 4.40.